The van der Waals surface area contributed by atoms with Crippen LogP contribution >= 0.6 is 0 Å². The minimum absolute atomic E-state index is 0.352. The van der Waals surface area contributed by atoms with Gasteiger partial charge in [-0.2, -0.15) is 0 Å². The molecule has 1 atom stereocenters. The number of aromatic nitrogens is 1. The third-order valence-corrected chi connectivity index (χ3v) is 3.33. The minimum atomic E-state index is 0.352. The first-order chi connectivity index (χ1) is 8.43. The Morgan fingerprint density at radius 2 is 2.18 bits per heavy atom. The van der Waals surface area contributed by atoms with E-state index in [9.17, 15) is 0 Å². The van der Waals surface area contributed by atoms with E-state index in [4.69, 9.17) is 4.42 Å². The zero-order valence-electron chi connectivity index (χ0n) is 9.75. The van der Waals surface area contributed by atoms with Crippen molar-refractivity contribution in [2.75, 3.05) is 6.54 Å². The number of nitrogens with zero attached hydrogens (tertiary/aromatic N) is 2. The second-order valence-corrected chi connectivity index (χ2v) is 4.48. The first-order valence-electron chi connectivity index (χ1n) is 6.11. The number of benzene rings is 1. The van der Waals surface area contributed by atoms with Crippen molar-refractivity contribution in [3.63, 3.8) is 0 Å². The molecule has 1 aliphatic rings. The molecule has 1 unspecified atom stereocenters. The Morgan fingerprint density at radius 3 is 2.94 bits per heavy atom. The van der Waals surface area contributed by atoms with Gasteiger partial charge in [-0.05, 0) is 24.9 Å². The Bertz CT molecular complexity index is 452. The van der Waals surface area contributed by atoms with Crippen LogP contribution in [0.4, 0.5) is 0 Å². The molecule has 3 heteroatoms. The second kappa shape index (κ2) is 4.72. The van der Waals surface area contributed by atoms with Crippen molar-refractivity contribution in [2.24, 2.45) is 0 Å². The summed E-state index contributed by atoms with van der Waals surface area (Å²) in [5, 5.41) is 0. The molecule has 17 heavy (non-hydrogen) atoms. The highest BCUT2D eigenvalue weighted by Crippen LogP contribution is 2.31. The molecule has 0 amide bonds. The summed E-state index contributed by atoms with van der Waals surface area (Å²) >= 11 is 0. The molecule has 0 radical (unpaired) electrons. The van der Waals surface area contributed by atoms with Crippen molar-refractivity contribution >= 4 is 0 Å². The Kier molecular flexibility index (Phi) is 2.92. The van der Waals surface area contributed by atoms with Crippen molar-refractivity contribution in [1.29, 1.82) is 0 Å². The maximum atomic E-state index is 5.43. The summed E-state index contributed by atoms with van der Waals surface area (Å²) < 4.78 is 5.43. The molecule has 2 aromatic rings. The highest BCUT2D eigenvalue weighted by molar-refractivity contribution is 5.15. The van der Waals surface area contributed by atoms with E-state index in [2.05, 4.69) is 40.2 Å². The molecule has 1 aromatic heterocycles. The molecule has 0 saturated carbocycles. The molecular formula is C14H16N2O. The van der Waals surface area contributed by atoms with E-state index in [1.165, 1.54) is 12.0 Å². The van der Waals surface area contributed by atoms with Gasteiger partial charge in [-0.25, -0.2) is 4.98 Å². The van der Waals surface area contributed by atoms with Gasteiger partial charge in [-0.3, -0.25) is 4.90 Å². The molecule has 0 spiro atoms. The molecule has 3 rings (SSSR count). The van der Waals surface area contributed by atoms with Crippen molar-refractivity contribution < 1.29 is 4.42 Å². The summed E-state index contributed by atoms with van der Waals surface area (Å²) in [7, 11) is 0. The Labute approximate surface area is 101 Å². The van der Waals surface area contributed by atoms with Crippen LogP contribution in [0.1, 0.15) is 30.3 Å². The largest absolute Gasteiger partial charge is 0.447 e. The fourth-order valence-electron chi connectivity index (χ4n) is 2.51. The van der Waals surface area contributed by atoms with E-state index in [0.29, 0.717) is 6.04 Å². The van der Waals surface area contributed by atoms with Crippen LogP contribution in [-0.4, -0.2) is 16.4 Å². The number of rotatable bonds is 3. The predicted octanol–water partition coefficient (Wildman–Crippen LogP) is 3.01. The SMILES string of the molecule is c1ccc(CN2CCCC2c2ncco2)cc1. The highest BCUT2D eigenvalue weighted by Gasteiger charge is 2.28. The highest BCUT2D eigenvalue weighted by atomic mass is 16.3. The fourth-order valence-corrected chi connectivity index (χ4v) is 2.51. The summed E-state index contributed by atoms with van der Waals surface area (Å²) in [6.07, 6.45) is 5.76. The van der Waals surface area contributed by atoms with Crippen LogP contribution in [-0.2, 0) is 6.54 Å². The van der Waals surface area contributed by atoms with Gasteiger partial charge in [0.25, 0.3) is 0 Å². The van der Waals surface area contributed by atoms with Crippen molar-refractivity contribution in [2.45, 2.75) is 25.4 Å². The van der Waals surface area contributed by atoms with Crippen molar-refractivity contribution in [1.82, 2.24) is 9.88 Å². The van der Waals surface area contributed by atoms with Crippen LogP contribution in [0.5, 0.6) is 0 Å². The number of hydrogen-bond donors (Lipinski definition) is 0. The normalized spacial score (nSPS) is 20.8. The lowest BCUT2D eigenvalue weighted by Crippen LogP contribution is -2.22. The van der Waals surface area contributed by atoms with Crippen LogP contribution in [0.15, 0.2) is 47.2 Å². The summed E-state index contributed by atoms with van der Waals surface area (Å²) in [5.41, 5.74) is 1.35. The van der Waals surface area contributed by atoms with E-state index in [1.807, 2.05) is 0 Å². The molecule has 1 aromatic carbocycles. The molecule has 0 aliphatic carbocycles. The number of hydrogen-bond acceptors (Lipinski definition) is 3. The Hall–Kier alpha value is -1.61. The molecule has 1 aliphatic heterocycles. The third kappa shape index (κ3) is 2.24. The molecule has 1 saturated heterocycles. The minimum Gasteiger partial charge on any atom is -0.447 e. The zero-order valence-corrected chi connectivity index (χ0v) is 9.75. The summed E-state index contributed by atoms with van der Waals surface area (Å²) in [4.78, 5) is 6.73. The van der Waals surface area contributed by atoms with Crippen LogP contribution in [0.25, 0.3) is 0 Å². The number of oxazole rings is 1. The molecule has 3 nitrogen and oxygen atoms in total. The van der Waals surface area contributed by atoms with Crippen LogP contribution in [0, 0.1) is 0 Å². The van der Waals surface area contributed by atoms with Crippen LogP contribution in [0.3, 0.4) is 0 Å². The van der Waals surface area contributed by atoms with E-state index in [1.54, 1.807) is 12.5 Å². The standard InChI is InChI=1S/C14H16N2O/c1-2-5-12(6-3-1)11-16-9-4-7-13(16)14-15-8-10-17-14/h1-3,5-6,8,10,13H,4,7,9,11H2. The van der Waals surface area contributed by atoms with Crippen molar-refractivity contribution in [3.8, 4) is 0 Å². The average Bonchev–Trinajstić information content (AvgIpc) is 3.00. The van der Waals surface area contributed by atoms with Gasteiger partial charge in [0.1, 0.15) is 6.26 Å². The van der Waals surface area contributed by atoms with Gasteiger partial charge >= 0.3 is 0 Å². The first kappa shape index (κ1) is 10.5. The Morgan fingerprint density at radius 1 is 1.29 bits per heavy atom. The monoisotopic (exact) mass is 228 g/mol. The maximum Gasteiger partial charge on any atom is 0.211 e. The summed E-state index contributed by atoms with van der Waals surface area (Å²) in [6.45, 7) is 2.11. The van der Waals surface area contributed by atoms with E-state index in [0.717, 1.165) is 25.4 Å². The summed E-state index contributed by atoms with van der Waals surface area (Å²) in [5.74, 6) is 0.860. The molecule has 1 fully saturated rings. The quantitative estimate of drug-likeness (QED) is 0.808. The summed E-state index contributed by atoms with van der Waals surface area (Å²) in [6, 6.07) is 10.9. The molecule has 0 bridgehead atoms. The Balaban J connectivity index is 1.75. The number of likely N-dealkylation sites (tertiary alicyclic amines) is 1. The first-order valence-corrected chi connectivity index (χ1v) is 6.11. The van der Waals surface area contributed by atoms with Gasteiger partial charge in [-0.1, -0.05) is 30.3 Å². The average molecular weight is 228 g/mol. The lowest BCUT2D eigenvalue weighted by Gasteiger charge is -2.21. The fraction of sp³-hybridized carbons (Fsp3) is 0.357. The lowest BCUT2D eigenvalue weighted by atomic mass is 10.2. The van der Waals surface area contributed by atoms with E-state index in [-0.39, 0.29) is 0 Å². The second-order valence-electron chi connectivity index (χ2n) is 4.48. The van der Waals surface area contributed by atoms with Gasteiger partial charge in [0.15, 0.2) is 0 Å². The van der Waals surface area contributed by atoms with E-state index >= 15 is 0 Å². The van der Waals surface area contributed by atoms with Gasteiger partial charge in [0.05, 0.1) is 12.2 Å². The van der Waals surface area contributed by atoms with Crippen molar-refractivity contribution in [3.05, 3.63) is 54.2 Å². The molecule has 2 heterocycles. The van der Waals surface area contributed by atoms with Gasteiger partial charge in [0, 0.05) is 6.54 Å². The van der Waals surface area contributed by atoms with Gasteiger partial charge < -0.3 is 4.42 Å². The zero-order chi connectivity index (χ0) is 11.5. The molecule has 88 valence electrons. The van der Waals surface area contributed by atoms with E-state index < -0.39 is 0 Å². The van der Waals surface area contributed by atoms with Crippen LogP contribution in [0.2, 0.25) is 0 Å². The van der Waals surface area contributed by atoms with Gasteiger partial charge in [0.2, 0.25) is 5.89 Å². The third-order valence-electron chi connectivity index (χ3n) is 3.33. The topological polar surface area (TPSA) is 29.3 Å². The lowest BCUT2D eigenvalue weighted by molar-refractivity contribution is 0.214. The smallest absolute Gasteiger partial charge is 0.211 e. The predicted molar refractivity (Wildman–Crippen MR) is 65.3 cm³/mol. The van der Waals surface area contributed by atoms with Crippen LogP contribution < -0.4 is 0 Å². The van der Waals surface area contributed by atoms with Gasteiger partial charge in [-0.15, -0.1) is 0 Å². The molecule has 0 N–H and O–H groups in total. The maximum absolute atomic E-state index is 5.43. The molecular weight excluding hydrogens is 212 g/mol.